The summed E-state index contributed by atoms with van der Waals surface area (Å²) >= 11 is 7.43. The standard InChI is InChI=1S/C12H15ClN4S/c1-2-14-12(17-8-4-7-15-17)16-18-11-6-3-5-10(13)9-11/h3,5-7,9H,2,4,8H2,1H3,(H,14,16). The summed E-state index contributed by atoms with van der Waals surface area (Å²) in [4.78, 5) is 5.46. The zero-order valence-electron chi connectivity index (χ0n) is 10.1. The van der Waals surface area contributed by atoms with Crippen molar-refractivity contribution in [1.29, 1.82) is 0 Å². The predicted octanol–water partition coefficient (Wildman–Crippen LogP) is 3.00. The van der Waals surface area contributed by atoms with E-state index in [-0.39, 0.29) is 0 Å². The van der Waals surface area contributed by atoms with Gasteiger partial charge in [0.25, 0.3) is 0 Å². The molecular weight excluding hydrogens is 268 g/mol. The van der Waals surface area contributed by atoms with Gasteiger partial charge in [0.1, 0.15) is 0 Å². The van der Waals surface area contributed by atoms with Crippen molar-refractivity contribution in [2.24, 2.45) is 10.1 Å². The second-order valence-corrected chi connectivity index (χ2v) is 4.99. The van der Waals surface area contributed by atoms with Crippen LogP contribution in [0.1, 0.15) is 13.3 Å². The summed E-state index contributed by atoms with van der Waals surface area (Å²) in [5, 5.41) is 6.87. The van der Waals surface area contributed by atoms with Gasteiger partial charge in [0.05, 0.1) is 0 Å². The van der Waals surface area contributed by atoms with Gasteiger partial charge in [0.15, 0.2) is 0 Å². The van der Waals surface area contributed by atoms with Gasteiger partial charge in [0, 0.05) is 35.6 Å². The maximum absolute atomic E-state index is 5.94. The largest absolute Gasteiger partial charge is 0.295 e. The minimum atomic E-state index is 0.727. The van der Waals surface area contributed by atoms with Crippen molar-refractivity contribution in [2.45, 2.75) is 18.2 Å². The summed E-state index contributed by atoms with van der Waals surface area (Å²) < 4.78 is 3.23. The van der Waals surface area contributed by atoms with E-state index in [9.17, 15) is 0 Å². The molecule has 1 aromatic rings. The summed E-state index contributed by atoms with van der Waals surface area (Å²) in [5.41, 5.74) is 0. The first-order chi connectivity index (χ1) is 8.79. The number of nitrogens with one attached hydrogen (secondary N) is 1. The van der Waals surface area contributed by atoms with E-state index >= 15 is 0 Å². The van der Waals surface area contributed by atoms with Crippen molar-refractivity contribution < 1.29 is 0 Å². The van der Waals surface area contributed by atoms with Crippen molar-refractivity contribution in [2.75, 3.05) is 13.1 Å². The Balaban J connectivity index is 1.97. The topological polar surface area (TPSA) is 40.0 Å². The Bertz CT molecular complexity index is 461. The van der Waals surface area contributed by atoms with E-state index in [0.29, 0.717) is 0 Å². The Hall–Kier alpha value is -1.20. The summed E-state index contributed by atoms with van der Waals surface area (Å²) in [6.07, 6.45) is 2.86. The van der Waals surface area contributed by atoms with Gasteiger partial charge in [-0.05, 0) is 37.1 Å². The second kappa shape index (κ2) is 6.66. The van der Waals surface area contributed by atoms with Crippen LogP contribution in [-0.4, -0.2) is 30.3 Å². The molecule has 0 saturated heterocycles. The molecule has 0 radical (unpaired) electrons. The number of nitrogens with zero attached hydrogens (tertiary/aromatic N) is 3. The third-order valence-electron chi connectivity index (χ3n) is 2.30. The molecule has 2 rings (SSSR count). The smallest absolute Gasteiger partial charge is 0.225 e. The molecule has 1 aliphatic heterocycles. The van der Waals surface area contributed by atoms with E-state index in [1.807, 2.05) is 42.4 Å². The molecule has 18 heavy (non-hydrogen) atoms. The molecular formula is C12H15ClN4S. The van der Waals surface area contributed by atoms with Crippen molar-refractivity contribution in [3.63, 3.8) is 0 Å². The van der Waals surface area contributed by atoms with Crippen LogP contribution in [0.25, 0.3) is 0 Å². The lowest BCUT2D eigenvalue weighted by Gasteiger charge is -2.17. The van der Waals surface area contributed by atoms with E-state index in [2.05, 4.69) is 14.8 Å². The number of benzene rings is 1. The molecule has 1 aliphatic rings. The number of aliphatic imine (C=N–C) groups is 1. The molecule has 1 heterocycles. The van der Waals surface area contributed by atoms with Crippen LogP contribution in [0.5, 0.6) is 0 Å². The van der Waals surface area contributed by atoms with E-state index in [1.54, 1.807) is 0 Å². The molecule has 0 fully saturated rings. The fraction of sp³-hybridized carbons (Fsp3) is 0.333. The molecule has 0 aromatic heterocycles. The van der Waals surface area contributed by atoms with Crippen LogP contribution in [0.3, 0.4) is 0 Å². The van der Waals surface area contributed by atoms with Gasteiger partial charge in [0.2, 0.25) is 5.96 Å². The van der Waals surface area contributed by atoms with Crippen molar-refractivity contribution in [1.82, 2.24) is 9.73 Å². The lowest BCUT2D eigenvalue weighted by Crippen LogP contribution is -2.33. The Morgan fingerprint density at radius 2 is 2.50 bits per heavy atom. The van der Waals surface area contributed by atoms with Crippen molar-refractivity contribution >= 4 is 35.7 Å². The fourth-order valence-corrected chi connectivity index (χ4v) is 2.47. The van der Waals surface area contributed by atoms with Gasteiger partial charge in [-0.3, -0.25) is 9.71 Å². The minimum absolute atomic E-state index is 0.727. The van der Waals surface area contributed by atoms with Crippen LogP contribution >= 0.6 is 23.5 Å². The Labute approximate surface area is 116 Å². The van der Waals surface area contributed by atoms with Crippen molar-refractivity contribution in [3.05, 3.63) is 29.3 Å². The Kier molecular flexibility index (Phi) is 4.90. The molecule has 0 bridgehead atoms. The molecule has 4 nitrogen and oxygen atoms in total. The maximum atomic E-state index is 5.94. The number of guanidine groups is 1. The van der Waals surface area contributed by atoms with E-state index in [1.165, 1.54) is 11.9 Å². The van der Waals surface area contributed by atoms with Crippen molar-refractivity contribution in [3.8, 4) is 0 Å². The molecule has 1 N–H and O–H groups in total. The number of rotatable bonds is 3. The van der Waals surface area contributed by atoms with E-state index < -0.39 is 0 Å². The fourth-order valence-electron chi connectivity index (χ4n) is 1.51. The van der Waals surface area contributed by atoms with Crippen LogP contribution in [-0.2, 0) is 0 Å². The van der Waals surface area contributed by atoms with Gasteiger partial charge < -0.3 is 0 Å². The van der Waals surface area contributed by atoms with Gasteiger partial charge in [-0.2, -0.15) is 5.10 Å². The maximum Gasteiger partial charge on any atom is 0.225 e. The predicted molar refractivity (Wildman–Crippen MR) is 78.2 cm³/mol. The summed E-state index contributed by atoms with van der Waals surface area (Å²) in [5.74, 6) is 0.788. The number of hydrogen-bond acceptors (Lipinski definition) is 3. The van der Waals surface area contributed by atoms with Crippen LogP contribution in [0.4, 0.5) is 0 Å². The molecule has 1 aromatic carbocycles. The highest BCUT2D eigenvalue weighted by Crippen LogP contribution is 2.19. The SMILES string of the molecule is CCN=C(NSc1cccc(Cl)c1)N1CCC=N1. The third kappa shape index (κ3) is 3.65. The average Bonchev–Trinajstić information content (AvgIpc) is 2.88. The highest BCUT2D eigenvalue weighted by Gasteiger charge is 2.13. The molecule has 0 unspecified atom stereocenters. The van der Waals surface area contributed by atoms with Crippen LogP contribution in [0, 0.1) is 0 Å². The van der Waals surface area contributed by atoms with Crippen LogP contribution < -0.4 is 4.72 Å². The van der Waals surface area contributed by atoms with Gasteiger partial charge >= 0.3 is 0 Å². The van der Waals surface area contributed by atoms with Crippen LogP contribution in [0.15, 0.2) is 39.3 Å². The Morgan fingerprint density at radius 1 is 1.61 bits per heavy atom. The first-order valence-electron chi connectivity index (χ1n) is 5.82. The lowest BCUT2D eigenvalue weighted by atomic mass is 10.4. The number of hydrogen-bond donors (Lipinski definition) is 1. The molecule has 96 valence electrons. The molecule has 6 heteroatoms. The first kappa shape index (κ1) is 13.2. The van der Waals surface area contributed by atoms with Gasteiger partial charge in [-0.1, -0.05) is 17.7 Å². The third-order valence-corrected chi connectivity index (χ3v) is 3.31. The normalized spacial score (nSPS) is 15.2. The monoisotopic (exact) mass is 282 g/mol. The first-order valence-corrected chi connectivity index (χ1v) is 7.02. The summed E-state index contributed by atoms with van der Waals surface area (Å²) in [6.45, 7) is 3.61. The summed E-state index contributed by atoms with van der Waals surface area (Å²) in [6, 6.07) is 7.70. The lowest BCUT2D eigenvalue weighted by molar-refractivity contribution is 0.479. The highest BCUT2D eigenvalue weighted by atomic mass is 35.5. The van der Waals surface area contributed by atoms with Gasteiger partial charge in [-0.25, -0.2) is 5.01 Å². The number of halogens is 1. The number of hydrazone groups is 1. The van der Waals surface area contributed by atoms with E-state index in [4.69, 9.17) is 11.6 Å². The zero-order valence-corrected chi connectivity index (χ0v) is 11.7. The summed E-state index contributed by atoms with van der Waals surface area (Å²) in [7, 11) is 0. The molecule has 0 atom stereocenters. The van der Waals surface area contributed by atoms with E-state index in [0.717, 1.165) is 35.4 Å². The quantitative estimate of drug-likeness (QED) is 0.526. The zero-order chi connectivity index (χ0) is 12.8. The average molecular weight is 283 g/mol. The molecule has 0 amide bonds. The molecule has 0 spiro atoms. The van der Waals surface area contributed by atoms with Crippen LogP contribution in [0.2, 0.25) is 5.02 Å². The second-order valence-electron chi connectivity index (χ2n) is 3.67. The molecule has 0 aliphatic carbocycles. The minimum Gasteiger partial charge on any atom is -0.295 e. The Morgan fingerprint density at radius 3 is 3.17 bits per heavy atom. The van der Waals surface area contributed by atoms with Gasteiger partial charge in [-0.15, -0.1) is 0 Å². The molecule has 0 saturated carbocycles. The highest BCUT2D eigenvalue weighted by molar-refractivity contribution is 7.98.